The standard InChI is InChI=1S/C13H25NO2/c1-12(2,11(15)16-5)13(3,4)14-10-8-6-7-9-10/h10,14H,6-9H2,1-5H3. The van der Waals surface area contributed by atoms with E-state index in [1.54, 1.807) is 0 Å². The van der Waals surface area contributed by atoms with Crippen molar-refractivity contribution in [1.29, 1.82) is 0 Å². The Morgan fingerprint density at radius 2 is 1.69 bits per heavy atom. The van der Waals surface area contributed by atoms with Gasteiger partial charge in [-0.05, 0) is 40.5 Å². The van der Waals surface area contributed by atoms with Gasteiger partial charge in [0.25, 0.3) is 0 Å². The Balaban J connectivity index is 2.70. The Morgan fingerprint density at radius 1 is 1.19 bits per heavy atom. The van der Waals surface area contributed by atoms with Gasteiger partial charge >= 0.3 is 5.97 Å². The fourth-order valence-electron chi connectivity index (χ4n) is 2.27. The normalized spacial score (nSPS) is 18.8. The summed E-state index contributed by atoms with van der Waals surface area (Å²) >= 11 is 0. The van der Waals surface area contributed by atoms with Crippen molar-refractivity contribution < 1.29 is 9.53 Å². The first kappa shape index (κ1) is 13.5. The van der Waals surface area contributed by atoms with Crippen LogP contribution in [0.25, 0.3) is 0 Å². The topological polar surface area (TPSA) is 38.3 Å². The van der Waals surface area contributed by atoms with E-state index < -0.39 is 5.41 Å². The number of methoxy groups -OCH3 is 1. The lowest BCUT2D eigenvalue weighted by Gasteiger charge is -2.41. The summed E-state index contributed by atoms with van der Waals surface area (Å²) in [4.78, 5) is 11.8. The molecular formula is C13H25NO2. The molecule has 3 heteroatoms. The Kier molecular flexibility index (Phi) is 4.00. The first-order valence-corrected chi connectivity index (χ1v) is 6.17. The van der Waals surface area contributed by atoms with E-state index in [1.807, 2.05) is 13.8 Å². The monoisotopic (exact) mass is 227 g/mol. The fraction of sp³-hybridized carbons (Fsp3) is 0.923. The van der Waals surface area contributed by atoms with Gasteiger partial charge in [-0.2, -0.15) is 0 Å². The quantitative estimate of drug-likeness (QED) is 0.750. The van der Waals surface area contributed by atoms with Crippen molar-refractivity contribution in [1.82, 2.24) is 5.32 Å². The molecule has 1 saturated carbocycles. The molecule has 0 aromatic carbocycles. The molecule has 94 valence electrons. The summed E-state index contributed by atoms with van der Waals surface area (Å²) in [5.74, 6) is -0.150. The molecular weight excluding hydrogens is 202 g/mol. The van der Waals surface area contributed by atoms with Crippen LogP contribution in [0.5, 0.6) is 0 Å². The Labute approximate surface area is 98.9 Å². The summed E-state index contributed by atoms with van der Waals surface area (Å²) in [5.41, 5.74) is -0.751. The van der Waals surface area contributed by atoms with Crippen molar-refractivity contribution in [3.8, 4) is 0 Å². The molecule has 16 heavy (non-hydrogen) atoms. The summed E-state index contributed by atoms with van der Waals surface area (Å²) in [5, 5.41) is 3.61. The molecule has 0 atom stereocenters. The van der Waals surface area contributed by atoms with Gasteiger partial charge in [0.2, 0.25) is 0 Å². The van der Waals surface area contributed by atoms with E-state index >= 15 is 0 Å². The van der Waals surface area contributed by atoms with Crippen molar-refractivity contribution in [3.05, 3.63) is 0 Å². The smallest absolute Gasteiger partial charge is 0.313 e. The third-order valence-electron chi connectivity index (χ3n) is 4.18. The number of hydrogen-bond acceptors (Lipinski definition) is 3. The molecule has 1 aliphatic carbocycles. The molecule has 0 bridgehead atoms. The summed E-state index contributed by atoms with van der Waals surface area (Å²) in [6.07, 6.45) is 5.04. The van der Waals surface area contributed by atoms with Crippen LogP contribution in [0.4, 0.5) is 0 Å². The van der Waals surface area contributed by atoms with Crippen LogP contribution in [-0.4, -0.2) is 24.7 Å². The number of hydrogen-bond donors (Lipinski definition) is 1. The van der Waals surface area contributed by atoms with E-state index in [2.05, 4.69) is 19.2 Å². The maximum Gasteiger partial charge on any atom is 0.313 e. The van der Waals surface area contributed by atoms with Gasteiger partial charge in [0.05, 0.1) is 12.5 Å². The van der Waals surface area contributed by atoms with Gasteiger partial charge in [-0.1, -0.05) is 12.8 Å². The zero-order valence-corrected chi connectivity index (χ0v) is 11.2. The number of esters is 1. The lowest BCUT2D eigenvalue weighted by Crippen LogP contribution is -2.57. The predicted molar refractivity (Wildman–Crippen MR) is 65.3 cm³/mol. The molecule has 0 aromatic rings. The minimum Gasteiger partial charge on any atom is -0.469 e. The lowest BCUT2D eigenvalue weighted by molar-refractivity contribution is -0.155. The molecule has 0 spiro atoms. The van der Waals surface area contributed by atoms with Crippen LogP contribution in [0.2, 0.25) is 0 Å². The minimum atomic E-state index is -0.510. The van der Waals surface area contributed by atoms with Gasteiger partial charge in [0.1, 0.15) is 0 Å². The number of nitrogens with one attached hydrogen (secondary N) is 1. The average molecular weight is 227 g/mol. The van der Waals surface area contributed by atoms with Crippen LogP contribution in [0.15, 0.2) is 0 Å². The average Bonchev–Trinajstić information content (AvgIpc) is 2.68. The molecule has 0 saturated heterocycles. The highest BCUT2D eigenvalue weighted by molar-refractivity contribution is 5.77. The Bertz CT molecular complexity index is 253. The van der Waals surface area contributed by atoms with Crippen LogP contribution in [0.3, 0.4) is 0 Å². The highest BCUT2D eigenvalue weighted by atomic mass is 16.5. The van der Waals surface area contributed by atoms with E-state index in [0.29, 0.717) is 6.04 Å². The van der Waals surface area contributed by atoms with E-state index in [9.17, 15) is 4.79 Å². The highest BCUT2D eigenvalue weighted by Gasteiger charge is 2.45. The van der Waals surface area contributed by atoms with E-state index in [1.165, 1.54) is 32.8 Å². The van der Waals surface area contributed by atoms with Crippen molar-refractivity contribution in [2.24, 2.45) is 5.41 Å². The van der Waals surface area contributed by atoms with Gasteiger partial charge in [-0.25, -0.2) is 0 Å². The Hall–Kier alpha value is -0.570. The molecule has 0 aliphatic heterocycles. The lowest BCUT2D eigenvalue weighted by atomic mass is 9.74. The van der Waals surface area contributed by atoms with Crippen LogP contribution in [-0.2, 0) is 9.53 Å². The summed E-state index contributed by atoms with van der Waals surface area (Å²) in [6.45, 7) is 8.06. The van der Waals surface area contributed by atoms with Crippen LogP contribution in [0, 0.1) is 5.41 Å². The van der Waals surface area contributed by atoms with Crippen molar-refractivity contribution >= 4 is 5.97 Å². The van der Waals surface area contributed by atoms with Gasteiger partial charge in [0.15, 0.2) is 0 Å². The third-order valence-corrected chi connectivity index (χ3v) is 4.18. The van der Waals surface area contributed by atoms with Gasteiger partial charge < -0.3 is 10.1 Å². The molecule has 0 amide bonds. The molecule has 3 nitrogen and oxygen atoms in total. The van der Waals surface area contributed by atoms with Gasteiger partial charge in [0, 0.05) is 11.6 Å². The van der Waals surface area contributed by atoms with Gasteiger partial charge in [-0.15, -0.1) is 0 Å². The molecule has 1 rings (SSSR count). The first-order chi connectivity index (χ1) is 7.31. The summed E-state index contributed by atoms with van der Waals surface area (Å²) in [7, 11) is 1.45. The van der Waals surface area contributed by atoms with Crippen molar-refractivity contribution in [2.45, 2.75) is 65.0 Å². The molecule has 0 radical (unpaired) electrons. The fourth-order valence-corrected chi connectivity index (χ4v) is 2.27. The SMILES string of the molecule is COC(=O)C(C)(C)C(C)(C)NC1CCCC1. The number of carbonyl (C=O) groups excluding carboxylic acids is 1. The molecule has 0 unspecified atom stereocenters. The van der Waals surface area contributed by atoms with Crippen LogP contribution >= 0.6 is 0 Å². The zero-order valence-electron chi connectivity index (χ0n) is 11.2. The second-order valence-electron chi connectivity index (χ2n) is 5.87. The van der Waals surface area contributed by atoms with Crippen LogP contribution in [0.1, 0.15) is 53.4 Å². The highest BCUT2D eigenvalue weighted by Crippen LogP contribution is 2.34. The second-order valence-corrected chi connectivity index (χ2v) is 5.87. The number of ether oxygens (including phenoxy) is 1. The summed E-state index contributed by atoms with van der Waals surface area (Å²) in [6, 6.07) is 0.555. The van der Waals surface area contributed by atoms with E-state index in [-0.39, 0.29) is 11.5 Å². The van der Waals surface area contributed by atoms with Gasteiger partial charge in [-0.3, -0.25) is 4.79 Å². The summed E-state index contributed by atoms with van der Waals surface area (Å²) < 4.78 is 4.89. The molecule has 1 fully saturated rings. The van der Waals surface area contributed by atoms with Crippen molar-refractivity contribution in [2.75, 3.05) is 7.11 Å². The van der Waals surface area contributed by atoms with Crippen LogP contribution < -0.4 is 5.32 Å². The minimum absolute atomic E-state index is 0.150. The maximum absolute atomic E-state index is 11.8. The largest absolute Gasteiger partial charge is 0.469 e. The van der Waals surface area contributed by atoms with E-state index in [0.717, 1.165) is 0 Å². The zero-order chi connectivity index (χ0) is 12.4. The number of rotatable bonds is 4. The van der Waals surface area contributed by atoms with E-state index in [4.69, 9.17) is 4.74 Å². The van der Waals surface area contributed by atoms with Crippen molar-refractivity contribution in [3.63, 3.8) is 0 Å². The maximum atomic E-state index is 11.8. The number of carbonyl (C=O) groups is 1. The Morgan fingerprint density at radius 3 is 2.12 bits per heavy atom. The molecule has 0 aromatic heterocycles. The molecule has 1 aliphatic rings. The molecule has 1 N–H and O–H groups in total. The third kappa shape index (κ3) is 2.57. The predicted octanol–water partition coefficient (Wildman–Crippen LogP) is 2.50. The second kappa shape index (κ2) is 4.74. The molecule has 0 heterocycles. The first-order valence-electron chi connectivity index (χ1n) is 6.17.